The lowest BCUT2D eigenvalue weighted by Crippen LogP contribution is -2.18. The van der Waals surface area contributed by atoms with Gasteiger partial charge < -0.3 is 5.32 Å². The van der Waals surface area contributed by atoms with Crippen LogP contribution in [0.15, 0.2) is 48.5 Å². The molecule has 1 amide bonds. The van der Waals surface area contributed by atoms with Crippen molar-refractivity contribution in [3.8, 4) is 0 Å². The summed E-state index contributed by atoms with van der Waals surface area (Å²) in [5.41, 5.74) is 4.13. The van der Waals surface area contributed by atoms with Crippen LogP contribution in [0.1, 0.15) is 29.5 Å². The Morgan fingerprint density at radius 2 is 1.75 bits per heavy atom. The Bertz CT molecular complexity index is 829. The van der Waals surface area contributed by atoms with Crippen LogP contribution in [0.4, 0.5) is 5.69 Å². The molecule has 0 aromatic heterocycles. The number of benzene rings is 2. The molecule has 1 aliphatic rings. The summed E-state index contributed by atoms with van der Waals surface area (Å²) in [4.78, 5) is 12.0. The maximum absolute atomic E-state index is 12.1. The van der Waals surface area contributed by atoms with Crippen molar-refractivity contribution in [2.24, 2.45) is 0 Å². The van der Waals surface area contributed by atoms with Gasteiger partial charge in [-0.05, 0) is 48.1 Å². The Morgan fingerprint density at radius 1 is 1.00 bits per heavy atom. The third-order valence-corrected chi connectivity index (χ3v) is 5.85. The van der Waals surface area contributed by atoms with Gasteiger partial charge in [-0.3, -0.25) is 4.79 Å². The monoisotopic (exact) mass is 343 g/mol. The van der Waals surface area contributed by atoms with Crippen LogP contribution in [-0.2, 0) is 33.2 Å². The molecule has 0 spiro atoms. The molecule has 1 N–H and O–H groups in total. The lowest BCUT2D eigenvalue weighted by atomic mass is 10.1. The van der Waals surface area contributed by atoms with Crippen molar-refractivity contribution in [3.05, 3.63) is 65.2 Å². The van der Waals surface area contributed by atoms with Crippen molar-refractivity contribution in [1.29, 1.82) is 0 Å². The first kappa shape index (κ1) is 16.7. The highest BCUT2D eigenvalue weighted by molar-refractivity contribution is 7.90. The molecule has 126 valence electrons. The zero-order chi connectivity index (χ0) is 17.0. The molecular weight excluding hydrogens is 322 g/mol. The maximum atomic E-state index is 12.1. The Morgan fingerprint density at radius 3 is 2.54 bits per heavy atom. The average Bonchev–Trinajstić information content (AvgIpc) is 3.01. The van der Waals surface area contributed by atoms with Crippen molar-refractivity contribution < 1.29 is 13.2 Å². The van der Waals surface area contributed by atoms with Crippen LogP contribution in [0.3, 0.4) is 0 Å². The first-order valence-corrected chi connectivity index (χ1v) is 10.00. The Labute approximate surface area is 142 Å². The van der Waals surface area contributed by atoms with E-state index >= 15 is 0 Å². The van der Waals surface area contributed by atoms with Gasteiger partial charge >= 0.3 is 0 Å². The standard InChI is InChI=1S/C19H21NO3S/c21-19(20-18-10-9-16-7-4-8-17(16)13-18)11-12-24(22,23)14-15-5-2-1-3-6-15/h1-3,5-6,9-10,13H,4,7-8,11-12,14H2,(H,20,21). The van der Waals surface area contributed by atoms with Gasteiger partial charge in [-0.2, -0.15) is 0 Å². The van der Waals surface area contributed by atoms with Gasteiger partial charge in [0.25, 0.3) is 0 Å². The molecule has 0 bridgehead atoms. The number of anilines is 1. The number of nitrogens with one attached hydrogen (secondary N) is 1. The van der Waals surface area contributed by atoms with Crippen LogP contribution in [0.25, 0.3) is 0 Å². The van der Waals surface area contributed by atoms with E-state index < -0.39 is 9.84 Å². The van der Waals surface area contributed by atoms with Gasteiger partial charge in [-0.25, -0.2) is 8.42 Å². The van der Waals surface area contributed by atoms with Gasteiger partial charge in [0.1, 0.15) is 0 Å². The Kier molecular flexibility index (Phi) is 5.00. The zero-order valence-corrected chi connectivity index (χ0v) is 14.3. The quantitative estimate of drug-likeness (QED) is 0.876. The van der Waals surface area contributed by atoms with Crippen LogP contribution in [0.5, 0.6) is 0 Å². The van der Waals surface area contributed by atoms with Crippen LogP contribution < -0.4 is 5.32 Å². The SMILES string of the molecule is O=C(CCS(=O)(=O)Cc1ccccc1)Nc1ccc2c(c1)CCC2. The largest absolute Gasteiger partial charge is 0.326 e. The van der Waals surface area contributed by atoms with Crippen molar-refractivity contribution in [2.45, 2.75) is 31.4 Å². The number of fused-ring (bicyclic) bond motifs is 1. The van der Waals surface area contributed by atoms with E-state index in [9.17, 15) is 13.2 Å². The van der Waals surface area contributed by atoms with E-state index in [1.165, 1.54) is 11.1 Å². The second-order valence-electron chi connectivity index (χ2n) is 6.21. The minimum atomic E-state index is -3.29. The Hall–Kier alpha value is -2.14. The molecule has 0 aliphatic heterocycles. The van der Waals surface area contributed by atoms with E-state index in [2.05, 4.69) is 5.32 Å². The highest BCUT2D eigenvalue weighted by atomic mass is 32.2. The summed E-state index contributed by atoms with van der Waals surface area (Å²) in [6.07, 6.45) is 3.28. The number of sulfone groups is 1. The summed E-state index contributed by atoms with van der Waals surface area (Å²) >= 11 is 0. The third kappa shape index (κ3) is 4.45. The van der Waals surface area contributed by atoms with E-state index in [-0.39, 0.29) is 23.8 Å². The number of aryl methyl sites for hydroxylation is 2. The number of carbonyl (C=O) groups excluding carboxylic acids is 1. The molecule has 2 aromatic carbocycles. The molecule has 0 atom stereocenters. The average molecular weight is 343 g/mol. The molecule has 4 nitrogen and oxygen atoms in total. The number of hydrogen-bond donors (Lipinski definition) is 1. The fourth-order valence-electron chi connectivity index (χ4n) is 3.02. The number of hydrogen-bond acceptors (Lipinski definition) is 3. The van der Waals surface area contributed by atoms with Crippen LogP contribution >= 0.6 is 0 Å². The summed E-state index contributed by atoms with van der Waals surface area (Å²) in [6.45, 7) is 0. The lowest BCUT2D eigenvalue weighted by Gasteiger charge is -2.08. The second kappa shape index (κ2) is 7.18. The summed E-state index contributed by atoms with van der Waals surface area (Å²) in [5, 5.41) is 2.80. The van der Waals surface area contributed by atoms with Gasteiger partial charge in [0.15, 0.2) is 9.84 Å². The third-order valence-electron chi connectivity index (χ3n) is 4.25. The summed E-state index contributed by atoms with van der Waals surface area (Å²) in [7, 11) is -3.29. The van der Waals surface area contributed by atoms with Gasteiger partial charge in [0.05, 0.1) is 11.5 Å². The molecule has 0 saturated carbocycles. The molecule has 1 aliphatic carbocycles. The molecule has 3 rings (SSSR count). The summed E-state index contributed by atoms with van der Waals surface area (Å²) in [5.74, 6) is -0.428. The van der Waals surface area contributed by atoms with E-state index in [1.807, 2.05) is 36.4 Å². The Balaban J connectivity index is 1.53. The predicted molar refractivity (Wildman–Crippen MR) is 95.6 cm³/mol. The van der Waals surface area contributed by atoms with Crippen molar-refractivity contribution in [1.82, 2.24) is 0 Å². The fraction of sp³-hybridized carbons (Fsp3) is 0.316. The van der Waals surface area contributed by atoms with Crippen LogP contribution in [0, 0.1) is 0 Å². The predicted octanol–water partition coefficient (Wildman–Crippen LogP) is 3.12. The highest BCUT2D eigenvalue weighted by Crippen LogP contribution is 2.24. The summed E-state index contributed by atoms with van der Waals surface area (Å²) in [6, 6.07) is 15.0. The highest BCUT2D eigenvalue weighted by Gasteiger charge is 2.16. The molecule has 2 aromatic rings. The smallest absolute Gasteiger partial charge is 0.225 e. The van der Waals surface area contributed by atoms with E-state index in [4.69, 9.17) is 0 Å². The first-order valence-electron chi connectivity index (χ1n) is 8.18. The van der Waals surface area contributed by atoms with E-state index in [1.54, 1.807) is 12.1 Å². The molecule has 0 unspecified atom stereocenters. The number of carbonyl (C=O) groups is 1. The summed E-state index contributed by atoms with van der Waals surface area (Å²) < 4.78 is 24.3. The minimum absolute atomic E-state index is 0.0216. The van der Waals surface area contributed by atoms with Crippen molar-refractivity contribution in [3.63, 3.8) is 0 Å². The fourth-order valence-corrected chi connectivity index (χ4v) is 4.36. The van der Waals surface area contributed by atoms with Crippen LogP contribution in [-0.4, -0.2) is 20.1 Å². The molecular formula is C19H21NO3S. The molecule has 0 radical (unpaired) electrons. The van der Waals surface area contributed by atoms with Crippen molar-refractivity contribution in [2.75, 3.05) is 11.1 Å². The number of amides is 1. The lowest BCUT2D eigenvalue weighted by molar-refractivity contribution is -0.115. The molecule has 0 fully saturated rings. The molecule has 5 heteroatoms. The molecule has 24 heavy (non-hydrogen) atoms. The van der Waals surface area contributed by atoms with E-state index in [0.29, 0.717) is 0 Å². The van der Waals surface area contributed by atoms with Gasteiger partial charge in [-0.1, -0.05) is 36.4 Å². The van der Waals surface area contributed by atoms with Gasteiger partial charge in [0, 0.05) is 12.1 Å². The van der Waals surface area contributed by atoms with Gasteiger partial charge in [-0.15, -0.1) is 0 Å². The topological polar surface area (TPSA) is 63.2 Å². The first-order chi connectivity index (χ1) is 11.5. The minimum Gasteiger partial charge on any atom is -0.326 e. The second-order valence-corrected chi connectivity index (χ2v) is 8.40. The zero-order valence-electron chi connectivity index (χ0n) is 13.5. The maximum Gasteiger partial charge on any atom is 0.225 e. The molecule has 0 saturated heterocycles. The normalized spacial score (nSPS) is 13.5. The number of rotatable bonds is 6. The van der Waals surface area contributed by atoms with Crippen molar-refractivity contribution >= 4 is 21.4 Å². The van der Waals surface area contributed by atoms with Crippen LogP contribution in [0.2, 0.25) is 0 Å². The van der Waals surface area contributed by atoms with Gasteiger partial charge in [0.2, 0.25) is 5.91 Å². The molecule has 0 heterocycles. The van der Waals surface area contributed by atoms with E-state index in [0.717, 1.165) is 30.5 Å².